The summed E-state index contributed by atoms with van der Waals surface area (Å²) < 4.78 is 0. The Morgan fingerprint density at radius 3 is 2.74 bits per heavy atom. The van der Waals surface area contributed by atoms with Crippen molar-refractivity contribution in [2.45, 2.75) is 45.6 Å². The zero-order chi connectivity index (χ0) is 14.0. The third-order valence-corrected chi connectivity index (χ3v) is 3.73. The Bertz CT molecular complexity index is 436. The fourth-order valence-corrected chi connectivity index (χ4v) is 2.41. The summed E-state index contributed by atoms with van der Waals surface area (Å²) in [6.07, 6.45) is 0.925. The third-order valence-electron chi connectivity index (χ3n) is 3.73. The molecule has 1 aromatic heterocycles. The van der Waals surface area contributed by atoms with E-state index in [-0.39, 0.29) is 5.41 Å². The number of nitrogens with one attached hydrogen (secondary N) is 1. The molecule has 1 N–H and O–H groups in total. The smallest absolute Gasteiger partial charge is 0.130 e. The first-order chi connectivity index (χ1) is 8.86. The van der Waals surface area contributed by atoms with Crippen molar-refractivity contribution in [2.24, 2.45) is 0 Å². The number of aromatic nitrogens is 2. The van der Waals surface area contributed by atoms with Crippen molar-refractivity contribution in [3.63, 3.8) is 0 Å². The molecule has 0 radical (unpaired) electrons. The first kappa shape index (κ1) is 14.4. The molecule has 1 aliphatic rings. The van der Waals surface area contributed by atoms with Gasteiger partial charge in [-0.15, -0.1) is 0 Å². The molecule has 0 spiro atoms. The van der Waals surface area contributed by atoms with Gasteiger partial charge in [-0.05, 0) is 20.0 Å². The monoisotopic (exact) mass is 262 g/mol. The Hall–Kier alpha value is -1.00. The Kier molecular flexibility index (Phi) is 4.21. The van der Waals surface area contributed by atoms with E-state index in [1.54, 1.807) is 0 Å². The molecule has 0 saturated carbocycles. The van der Waals surface area contributed by atoms with Gasteiger partial charge in [0.25, 0.3) is 0 Å². The fourth-order valence-electron chi connectivity index (χ4n) is 2.41. The molecule has 4 nitrogen and oxygen atoms in total. The molecule has 19 heavy (non-hydrogen) atoms. The second kappa shape index (κ2) is 5.55. The lowest BCUT2D eigenvalue weighted by atomic mass is 9.91. The molecule has 1 aliphatic heterocycles. The summed E-state index contributed by atoms with van der Waals surface area (Å²) in [5, 5.41) is 3.45. The SMILES string of the molecule is Cc1cc(C(C)(C)C)nc(CC2CNCCN2C)n1. The van der Waals surface area contributed by atoms with Crippen molar-refractivity contribution in [2.75, 3.05) is 26.7 Å². The second-order valence-electron chi connectivity index (χ2n) is 6.60. The Morgan fingerprint density at radius 1 is 1.37 bits per heavy atom. The van der Waals surface area contributed by atoms with Crippen LogP contribution in [0.2, 0.25) is 0 Å². The molecule has 0 amide bonds. The van der Waals surface area contributed by atoms with Gasteiger partial charge >= 0.3 is 0 Å². The van der Waals surface area contributed by atoms with Crippen LogP contribution in [0.4, 0.5) is 0 Å². The summed E-state index contributed by atoms with van der Waals surface area (Å²) in [4.78, 5) is 11.8. The van der Waals surface area contributed by atoms with Crippen LogP contribution in [0.1, 0.15) is 38.0 Å². The van der Waals surface area contributed by atoms with E-state index < -0.39 is 0 Å². The normalized spacial score (nSPS) is 21.6. The van der Waals surface area contributed by atoms with Crippen LogP contribution in [0.5, 0.6) is 0 Å². The highest BCUT2D eigenvalue weighted by Crippen LogP contribution is 2.21. The molecule has 1 atom stereocenters. The first-order valence-corrected chi connectivity index (χ1v) is 7.12. The number of piperazine rings is 1. The summed E-state index contributed by atoms with van der Waals surface area (Å²) in [5.41, 5.74) is 2.29. The van der Waals surface area contributed by atoms with Crippen LogP contribution < -0.4 is 5.32 Å². The van der Waals surface area contributed by atoms with Gasteiger partial charge in [-0.3, -0.25) is 0 Å². The third kappa shape index (κ3) is 3.74. The lowest BCUT2D eigenvalue weighted by Gasteiger charge is -2.32. The van der Waals surface area contributed by atoms with Gasteiger partial charge in [-0.2, -0.15) is 0 Å². The summed E-state index contributed by atoms with van der Waals surface area (Å²) >= 11 is 0. The zero-order valence-corrected chi connectivity index (χ0v) is 12.8. The molecule has 2 rings (SSSR count). The standard InChI is InChI=1S/C15H26N4/c1-11-8-13(15(2,3)4)18-14(17-11)9-12-10-16-6-7-19(12)5/h8,12,16H,6-7,9-10H2,1-5H3. The highest BCUT2D eigenvalue weighted by molar-refractivity contribution is 5.17. The van der Waals surface area contributed by atoms with Crippen molar-refractivity contribution in [3.8, 4) is 0 Å². The topological polar surface area (TPSA) is 41.1 Å². The number of rotatable bonds is 2. The molecule has 0 bridgehead atoms. The van der Waals surface area contributed by atoms with E-state index in [1.807, 2.05) is 0 Å². The van der Waals surface area contributed by atoms with Gasteiger partial charge in [0.2, 0.25) is 0 Å². The highest BCUT2D eigenvalue weighted by atomic mass is 15.2. The second-order valence-corrected chi connectivity index (χ2v) is 6.60. The van der Waals surface area contributed by atoms with Gasteiger partial charge in [0, 0.05) is 48.9 Å². The van der Waals surface area contributed by atoms with Crippen LogP contribution in [-0.2, 0) is 11.8 Å². The lowest BCUT2D eigenvalue weighted by Crippen LogP contribution is -2.50. The molecule has 1 unspecified atom stereocenters. The van der Waals surface area contributed by atoms with Crippen molar-refractivity contribution in [1.29, 1.82) is 0 Å². The van der Waals surface area contributed by atoms with Crippen LogP contribution in [0.3, 0.4) is 0 Å². The van der Waals surface area contributed by atoms with Gasteiger partial charge in [0.1, 0.15) is 5.82 Å². The van der Waals surface area contributed by atoms with E-state index in [0.29, 0.717) is 6.04 Å². The maximum Gasteiger partial charge on any atom is 0.130 e. The maximum atomic E-state index is 4.77. The minimum atomic E-state index is 0.0825. The molecule has 2 heterocycles. The van der Waals surface area contributed by atoms with Crippen molar-refractivity contribution in [1.82, 2.24) is 20.2 Å². The molecule has 1 fully saturated rings. The number of likely N-dealkylation sites (N-methyl/N-ethyl adjacent to an activating group) is 1. The van der Waals surface area contributed by atoms with E-state index >= 15 is 0 Å². The van der Waals surface area contributed by atoms with Crippen LogP contribution >= 0.6 is 0 Å². The van der Waals surface area contributed by atoms with Gasteiger partial charge in [-0.1, -0.05) is 20.8 Å². The number of aryl methyl sites for hydroxylation is 1. The molecule has 106 valence electrons. The summed E-state index contributed by atoms with van der Waals surface area (Å²) in [6.45, 7) is 11.9. The largest absolute Gasteiger partial charge is 0.314 e. The van der Waals surface area contributed by atoms with Crippen molar-refractivity contribution >= 4 is 0 Å². The maximum absolute atomic E-state index is 4.77. The van der Waals surface area contributed by atoms with Gasteiger partial charge < -0.3 is 10.2 Å². The van der Waals surface area contributed by atoms with E-state index in [4.69, 9.17) is 4.98 Å². The predicted octanol–water partition coefficient (Wildman–Crippen LogP) is 1.53. The minimum Gasteiger partial charge on any atom is -0.314 e. The predicted molar refractivity (Wildman–Crippen MR) is 78.5 cm³/mol. The van der Waals surface area contributed by atoms with E-state index in [2.05, 4.69) is 56.0 Å². The van der Waals surface area contributed by atoms with Crippen LogP contribution in [0, 0.1) is 6.92 Å². The molecule has 1 aromatic rings. The van der Waals surface area contributed by atoms with Crippen LogP contribution in [-0.4, -0.2) is 47.6 Å². The van der Waals surface area contributed by atoms with E-state index in [9.17, 15) is 0 Å². The Balaban J connectivity index is 2.18. The molecule has 4 heteroatoms. The summed E-state index contributed by atoms with van der Waals surface area (Å²) in [6, 6.07) is 2.61. The number of hydrogen-bond donors (Lipinski definition) is 1. The van der Waals surface area contributed by atoms with Gasteiger partial charge in [0.15, 0.2) is 0 Å². The van der Waals surface area contributed by atoms with Gasteiger partial charge in [0.05, 0.1) is 0 Å². The zero-order valence-electron chi connectivity index (χ0n) is 12.8. The minimum absolute atomic E-state index is 0.0825. The van der Waals surface area contributed by atoms with Crippen molar-refractivity contribution in [3.05, 3.63) is 23.3 Å². The average Bonchev–Trinajstić information content (AvgIpc) is 2.30. The molecule has 0 aromatic carbocycles. The highest BCUT2D eigenvalue weighted by Gasteiger charge is 2.22. The van der Waals surface area contributed by atoms with E-state index in [0.717, 1.165) is 43.3 Å². The molecular formula is C15H26N4. The summed E-state index contributed by atoms with van der Waals surface area (Å²) in [5.74, 6) is 0.977. The lowest BCUT2D eigenvalue weighted by molar-refractivity contribution is 0.197. The first-order valence-electron chi connectivity index (χ1n) is 7.12. The van der Waals surface area contributed by atoms with Crippen molar-refractivity contribution < 1.29 is 0 Å². The summed E-state index contributed by atoms with van der Waals surface area (Å²) in [7, 11) is 2.19. The van der Waals surface area contributed by atoms with Gasteiger partial charge in [-0.25, -0.2) is 9.97 Å². The Labute approximate surface area is 116 Å². The molecule has 0 aliphatic carbocycles. The van der Waals surface area contributed by atoms with E-state index in [1.165, 1.54) is 0 Å². The number of nitrogens with zero attached hydrogens (tertiary/aromatic N) is 3. The quantitative estimate of drug-likeness (QED) is 0.877. The van der Waals surface area contributed by atoms with Crippen LogP contribution in [0.15, 0.2) is 6.07 Å². The fraction of sp³-hybridized carbons (Fsp3) is 0.733. The molecular weight excluding hydrogens is 236 g/mol. The van der Waals surface area contributed by atoms with Crippen LogP contribution in [0.25, 0.3) is 0 Å². The molecule has 1 saturated heterocycles. The Morgan fingerprint density at radius 2 is 2.11 bits per heavy atom. The number of hydrogen-bond acceptors (Lipinski definition) is 4. The average molecular weight is 262 g/mol.